The van der Waals surface area contributed by atoms with Crippen molar-refractivity contribution in [3.63, 3.8) is 0 Å². The van der Waals surface area contributed by atoms with Crippen LogP contribution in [0.2, 0.25) is 0 Å². The Morgan fingerprint density at radius 3 is 2.76 bits per heavy atom. The predicted octanol–water partition coefficient (Wildman–Crippen LogP) is 0.429. The standard InChI is InChI=1S/C11H14FN3O2/c1-13-10(16)6-7-15(2)11(17)8-4-3-5-9(12)14-8/h3-5H,6-7H2,1-2H3,(H,13,16). The molecule has 1 aromatic heterocycles. The van der Waals surface area contributed by atoms with Crippen molar-refractivity contribution in [2.45, 2.75) is 6.42 Å². The highest BCUT2D eigenvalue weighted by Gasteiger charge is 2.14. The molecule has 5 nitrogen and oxygen atoms in total. The fourth-order valence-electron chi connectivity index (χ4n) is 1.22. The average molecular weight is 239 g/mol. The van der Waals surface area contributed by atoms with Gasteiger partial charge in [-0.2, -0.15) is 4.39 Å². The Labute approximate surface area is 98.6 Å². The van der Waals surface area contributed by atoms with Gasteiger partial charge in [0.25, 0.3) is 5.91 Å². The number of nitrogens with zero attached hydrogens (tertiary/aromatic N) is 2. The average Bonchev–Trinajstić information content (AvgIpc) is 2.34. The summed E-state index contributed by atoms with van der Waals surface area (Å²) in [5.74, 6) is -1.26. The van der Waals surface area contributed by atoms with Gasteiger partial charge in [-0.3, -0.25) is 9.59 Å². The van der Waals surface area contributed by atoms with Gasteiger partial charge in [0.15, 0.2) is 0 Å². The van der Waals surface area contributed by atoms with Crippen molar-refractivity contribution in [2.75, 3.05) is 20.6 Å². The summed E-state index contributed by atoms with van der Waals surface area (Å²) in [6, 6.07) is 4.02. The Kier molecular flexibility index (Phi) is 4.56. The van der Waals surface area contributed by atoms with E-state index in [2.05, 4.69) is 10.3 Å². The Morgan fingerprint density at radius 1 is 1.47 bits per heavy atom. The van der Waals surface area contributed by atoms with Crippen LogP contribution in [0.25, 0.3) is 0 Å². The second-order valence-corrected chi connectivity index (χ2v) is 3.50. The Hall–Kier alpha value is -1.98. The molecule has 0 aliphatic rings. The molecule has 0 spiro atoms. The van der Waals surface area contributed by atoms with E-state index in [1.807, 2.05) is 0 Å². The molecule has 0 saturated heterocycles. The first-order valence-corrected chi connectivity index (χ1v) is 5.13. The molecule has 0 aromatic carbocycles. The lowest BCUT2D eigenvalue weighted by Gasteiger charge is -2.15. The minimum absolute atomic E-state index is 0.0319. The van der Waals surface area contributed by atoms with Gasteiger partial charge in [0.2, 0.25) is 11.9 Å². The van der Waals surface area contributed by atoms with Gasteiger partial charge in [0.05, 0.1) is 0 Å². The molecule has 1 N–H and O–H groups in total. The van der Waals surface area contributed by atoms with Crippen molar-refractivity contribution in [2.24, 2.45) is 0 Å². The van der Waals surface area contributed by atoms with Gasteiger partial charge >= 0.3 is 0 Å². The fraction of sp³-hybridized carbons (Fsp3) is 0.364. The number of aromatic nitrogens is 1. The molecular weight excluding hydrogens is 225 g/mol. The first-order chi connectivity index (χ1) is 8.04. The van der Waals surface area contributed by atoms with Crippen LogP contribution in [-0.2, 0) is 4.79 Å². The van der Waals surface area contributed by atoms with E-state index in [0.29, 0.717) is 0 Å². The number of amides is 2. The normalized spacial score (nSPS) is 9.82. The first-order valence-electron chi connectivity index (χ1n) is 5.13. The monoisotopic (exact) mass is 239 g/mol. The molecule has 1 rings (SSSR count). The van der Waals surface area contributed by atoms with Crippen molar-refractivity contribution in [1.29, 1.82) is 0 Å². The molecule has 6 heteroatoms. The van der Waals surface area contributed by atoms with E-state index in [1.54, 1.807) is 0 Å². The maximum absolute atomic E-state index is 12.8. The van der Waals surface area contributed by atoms with Crippen LogP contribution >= 0.6 is 0 Å². The minimum atomic E-state index is -0.699. The summed E-state index contributed by atoms with van der Waals surface area (Å²) in [6.07, 6.45) is 0.202. The number of rotatable bonds is 4. The van der Waals surface area contributed by atoms with Crippen molar-refractivity contribution < 1.29 is 14.0 Å². The van der Waals surface area contributed by atoms with Crippen LogP contribution in [0, 0.1) is 5.95 Å². The third-order valence-electron chi connectivity index (χ3n) is 2.23. The second-order valence-electron chi connectivity index (χ2n) is 3.50. The van der Waals surface area contributed by atoms with Crippen molar-refractivity contribution >= 4 is 11.8 Å². The summed E-state index contributed by atoms with van der Waals surface area (Å²) < 4.78 is 12.8. The van der Waals surface area contributed by atoms with E-state index in [-0.39, 0.29) is 24.6 Å². The van der Waals surface area contributed by atoms with Gasteiger partial charge in [-0.05, 0) is 12.1 Å². The molecule has 0 aliphatic heterocycles. The predicted molar refractivity (Wildman–Crippen MR) is 59.8 cm³/mol. The van der Waals surface area contributed by atoms with Crippen LogP contribution < -0.4 is 5.32 Å². The maximum Gasteiger partial charge on any atom is 0.272 e. The van der Waals surface area contributed by atoms with Gasteiger partial charge in [-0.1, -0.05) is 6.07 Å². The van der Waals surface area contributed by atoms with Gasteiger partial charge < -0.3 is 10.2 Å². The largest absolute Gasteiger partial charge is 0.359 e. The van der Waals surface area contributed by atoms with Crippen molar-refractivity contribution in [3.05, 3.63) is 29.8 Å². The van der Waals surface area contributed by atoms with Crippen LogP contribution in [0.5, 0.6) is 0 Å². The summed E-state index contributed by atoms with van der Waals surface area (Å²) in [5.41, 5.74) is 0.0319. The number of halogens is 1. The summed E-state index contributed by atoms with van der Waals surface area (Å²) >= 11 is 0. The maximum atomic E-state index is 12.8. The number of pyridine rings is 1. The number of nitrogens with one attached hydrogen (secondary N) is 1. The van der Waals surface area contributed by atoms with Crippen LogP contribution in [0.15, 0.2) is 18.2 Å². The summed E-state index contributed by atoms with van der Waals surface area (Å²) in [4.78, 5) is 27.6. The molecule has 0 atom stereocenters. The number of carbonyl (C=O) groups excluding carboxylic acids is 2. The summed E-state index contributed by atoms with van der Waals surface area (Å²) in [6.45, 7) is 0.261. The lowest BCUT2D eigenvalue weighted by molar-refractivity contribution is -0.120. The molecular formula is C11H14FN3O2. The number of hydrogen-bond acceptors (Lipinski definition) is 3. The highest BCUT2D eigenvalue weighted by molar-refractivity contribution is 5.92. The van der Waals surface area contributed by atoms with Crippen LogP contribution in [0.1, 0.15) is 16.9 Å². The van der Waals surface area contributed by atoms with E-state index < -0.39 is 11.9 Å². The molecule has 0 fully saturated rings. The molecule has 0 bridgehead atoms. The van der Waals surface area contributed by atoms with E-state index >= 15 is 0 Å². The van der Waals surface area contributed by atoms with Crippen LogP contribution in [-0.4, -0.2) is 42.3 Å². The zero-order chi connectivity index (χ0) is 12.8. The van der Waals surface area contributed by atoms with E-state index in [1.165, 1.54) is 37.2 Å². The Bertz CT molecular complexity index is 423. The van der Waals surface area contributed by atoms with Gasteiger partial charge in [-0.25, -0.2) is 4.98 Å². The van der Waals surface area contributed by atoms with Crippen molar-refractivity contribution in [1.82, 2.24) is 15.2 Å². The smallest absolute Gasteiger partial charge is 0.272 e. The zero-order valence-electron chi connectivity index (χ0n) is 9.74. The molecule has 2 amide bonds. The zero-order valence-corrected chi connectivity index (χ0v) is 9.74. The fourth-order valence-corrected chi connectivity index (χ4v) is 1.22. The summed E-state index contributed by atoms with van der Waals surface area (Å²) in [5, 5.41) is 2.46. The molecule has 1 heterocycles. The second kappa shape index (κ2) is 5.93. The summed E-state index contributed by atoms with van der Waals surface area (Å²) in [7, 11) is 3.07. The molecule has 17 heavy (non-hydrogen) atoms. The van der Waals surface area contributed by atoms with E-state index in [0.717, 1.165) is 0 Å². The molecule has 1 aromatic rings. The van der Waals surface area contributed by atoms with Crippen molar-refractivity contribution in [3.8, 4) is 0 Å². The minimum Gasteiger partial charge on any atom is -0.359 e. The lowest BCUT2D eigenvalue weighted by atomic mass is 10.3. The highest BCUT2D eigenvalue weighted by atomic mass is 19.1. The van der Waals surface area contributed by atoms with Gasteiger partial charge in [-0.15, -0.1) is 0 Å². The number of carbonyl (C=O) groups is 2. The molecule has 0 aliphatic carbocycles. The van der Waals surface area contributed by atoms with E-state index in [9.17, 15) is 14.0 Å². The van der Waals surface area contributed by atoms with Crippen LogP contribution in [0.3, 0.4) is 0 Å². The highest BCUT2D eigenvalue weighted by Crippen LogP contribution is 2.02. The molecule has 0 unspecified atom stereocenters. The van der Waals surface area contributed by atoms with E-state index in [4.69, 9.17) is 0 Å². The van der Waals surface area contributed by atoms with Crippen LogP contribution in [0.4, 0.5) is 4.39 Å². The third-order valence-corrected chi connectivity index (χ3v) is 2.23. The molecule has 0 saturated carbocycles. The SMILES string of the molecule is CNC(=O)CCN(C)C(=O)c1cccc(F)n1. The molecule has 0 radical (unpaired) electrons. The third kappa shape index (κ3) is 3.82. The topological polar surface area (TPSA) is 62.3 Å². The molecule has 92 valence electrons. The lowest BCUT2D eigenvalue weighted by Crippen LogP contribution is -2.31. The van der Waals surface area contributed by atoms with Gasteiger partial charge in [0, 0.05) is 27.1 Å². The number of hydrogen-bond donors (Lipinski definition) is 1. The van der Waals surface area contributed by atoms with Gasteiger partial charge in [0.1, 0.15) is 5.69 Å². The first kappa shape index (κ1) is 13.1. The quantitative estimate of drug-likeness (QED) is 0.775. The Balaban J connectivity index is 2.61. The Morgan fingerprint density at radius 2 is 2.18 bits per heavy atom.